The third kappa shape index (κ3) is 7.42. The van der Waals surface area contributed by atoms with Crippen LogP contribution in [0, 0.1) is 0 Å². The van der Waals surface area contributed by atoms with E-state index in [1.165, 1.54) is 24.0 Å². The molecule has 0 aliphatic heterocycles. The van der Waals surface area contributed by atoms with Gasteiger partial charge in [-0.25, -0.2) is 0 Å². The number of phenolic OH excluding ortho intramolecular Hbond substituents is 1. The minimum absolute atomic E-state index is 0.0744. The van der Waals surface area contributed by atoms with Crippen LogP contribution >= 0.6 is 0 Å². The second-order valence-electron chi connectivity index (χ2n) is 6.82. The molecule has 0 aliphatic rings. The van der Waals surface area contributed by atoms with Gasteiger partial charge in [-0.1, -0.05) is 69.2 Å². The van der Waals surface area contributed by atoms with Crippen molar-refractivity contribution in [2.75, 3.05) is 6.54 Å². The fourth-order valence-electron chi connectivity index (χ4n) is 3.41. The van der Waals surface area contributed by atoms with Crippen LogP contribution in [0.5, 0.6) is 5.75 Å². The zero-order valence-electron chi connectivity index (χ0n) is 17.0. The summed E-state index contributed by atoms with van der Waals surface area (Å²) < 4.78 is 0. The van der Waals surface area contributed by atoms with Gasteiger partial charge in [-0.2, -0.15) is 0 Å². The normalized spacial score (nSPS) is 13.0. The van der Waals surface area contributed by atoms with E-state index in [1.54, 1.807) is 6.07 Å². The number of unbranched alkanes of at least 4 members (excludes halogenated alkanes) is 1. The van der Waals surface area contributed by atoms with E-state index in [4.69, 9.17) is 0 Å². The molecule has 0 aliphatic carbocycles. The highest BCUT2D eigenvalue weighted by Crippen LogP contribution is 2.37. The van der Waals surface area contributed by atoms with E-state index < -0.39 is 0 Å². The summed E-state index contributed by atoms with van der Waals surface area (Å²) >= 11 is 0. The van der Waals surface area contributed by atoms with Crippen molar-refractivity contribution in [3.05, 3.63) is 78.9 Å². The Morgan fingerprint density at radius 2 is 1.78 bits per heavy atom. The molecule has 0 aromatic heterocycles. The highest BCUT2D eigenvalue weighted by atomic mass is 16.3. The Balaban J connectivity index is 0.00000176. The summed E-state index contributed by atoms with van der Waals surface area (Å²) in [5, 5.41) is 9.90. The van der Waals surface area contributed by atoms with Crippen LogP contribution < -0.4 is 0 Å². The largest absolute Gasteiger partial charge is 0.508 e. The fourth-order valence-corrected chi connectivity index (χ4v) is 3.41. The summed E-state index contributed by atoms with van der Waals surface area (Å²) in [6.45, 7) is 11.3. The smallest absolute Gasteiger partial charge is 0.115 e. The van der Waals surface area contributed by atoms with Crippen molar-refractivity contribution in [1.29, 1.82) is 0 Å². The maximum absolute atomic E-state index is 9.90. The van der Waals surface area contributed by atoms with Gasteiger partial charge in [-0.15, -0.1) is 13.2 Å². The van der Waals surface area contributed by atoms with Crippen LogP contribution in [0.15, 0.2) is 72.7 Å². The Labute approximate surface area is 165 Å². The lowest BCUT2D eigenvalue weighted by atomic mass is 9.72. The standard InChI is InChI=1S/C23H31NO.C2H4/c1-3-5-15-23(4-2,21-12-9-13-22(25)19-21)16-18-24-17-14-20-10-7-6-8-11-20;1-2/h6-13,18-19,25H,3-5,14-17H2,1-2H3;1-2H2. The SMILES string of the molecule is C=C.CCCCC(CC)(CC=NCCc1ccccc1)c1cccc(O)c1. The van der Waals surface area contributed by atoms with Crippen LogP contribution in [-0.4, -0.2) is 17.9 Å². The van der Waals surface area contributed by atoms with Gasteiger partial charge in [0, 0.05) is 12.0 Å². The molecule has 0 fully saturated rings. The molecular formula is C25H35NO. The molecule has 0 radical (unpaired) electrons. The van der Waals surface area contributed by atoms with Gasteiger partial charge in [0.15, 0.2) is 0 Å². The molecule has 0 heterocycles. The molecule has 0 bridgehead atoms. The third-order valence-electron chi connectivity index (χ3n) is 5.13. The predicted molar refractivity (Wildman–Crippen MR) is 119 cm³/mol. The average molecular weight is 366 g/mol. The lowest BCUT2D eigenvalue weighted by Crippen LogP contribution is -2.26. The van der Waals surface area contributed by atoms with Gasteiger partial charge >= 0.3 is 0 Å². The molecule has 0 amide bonds. The number of benzene rings is 2. The Hall–Kier alpha value is -2.35. The summed E-state index contributed by atoms with van der Waals surface area (Å²) in [5.41, 5.74) is 2.64. The van der Waals surface area contributed by atoms with Crippen molar-refractivity contribution in [1.82, 2.24) is 0 Å². The molecule has 2 heteroatoms. The number of hydrogen-bond donors (Lipinski definition) is 1. The minimum atomic E-state index is 0.0744. The average Bonchev–Trinajstić information content (AvgIpc) is 2.72. The van der Waals surface area contributed by atoms with Crippen molar-refractivity contribution >= 4 is 6.21 Å². The molecule has 1 atom stereocenters. The molecule has 1 N–H and O–H groups in total. The first-order valence-electron chi connectivity index (χ1n) is 10.0. The molecule has 146 valence electrons. The molecule has 2 nitrogen and oxygen atoms in total. The topological polar surface area (TPSA) is 32.6 Å². The van der Waals surface area contributed by atoms with Gasteiger partial charge in [0.2, 0.25) is 0 Å². The highest BCUT2D eigenvalue weighted by molar-refractivity contribution is 5.60. The second kappa shape index (κ2) is 12.9. The Kier molecular flexibility index (Phi) is 10.9. The van der Waals surface area contributed by atoms with Gasteiger partial charge < -0.3 is 5.11 Å². The number of rotatable bonds is 10. The number of aliphatic imine (C=N–C) groups is 1. The van der Waals surface area contributed by atoms with E-state index in [9.17, 15) is 5.11 Å². The Morgan fingerprint density at radius 1 is 1.04 bits per heavy atom. The second-order valence-corrected chi connectivity index (χ2v) is 6.82. The van der Waals surface area contributed by atoms with Gasteiger partial charge in [-0.3, -0.25) is 4.99 Å². The quantitative estimate of drug-likeness (QED) is 0.367. The molecule has 0 spiro atoms. The van der Waals surface area contributed by atoms with E-state index in [0.29, 0.717) is 5.75 Å². The summed E-state index contributed by atoms with van der Waals surface area (Å²) in [6, 6.07) is 18.3. The Bertz CT molecular complexity index is 665. The van der Waals surface area contributed by atoms with Gasteiger partial charge in [0.25, 0.3) is 0 Å². The monoisotopic (exact) mass is 365 g/mol. The fraction of sp³-hybridized carbons (Fsp3) is 0.400. The lowest BCUT2D eigenvalue weighted by molar-refractivity contribution is 0.378. The van der Waals surface area contributed by atoms with Crippen LogP contribution in [0.2, 0.25) is 0 Å². The van der Waals surface area contributed by atoms with E-state index >= 15 is 0 Å². The van der Waals surface area contributed by atoms with Crippen LogP contribution in [0.4, 0.5) is 0 Å². The summed E-state index contributed by atoms with van der Waals surface area (Å²) in [6.07, 6.45) is 8.59. The van der Waals surface area contributed by atoms with Crippen LogP contribution in [0.1, 0.15) is 57.1 Å². The first-order valence-corrected chi connectivity index (χ1v) is 10.0. The zero-order chi connectivity index (χ0) is 20.0. The van der Waals surface area contributed by atoms with Crippen molar-refractivity contribution in [3.8, 4) is 5.75 Å². The molecule has 1 unspecified atom stereocenters. The number of hydrogen-bond acceptors (Lipinski definition) is 2. The van der Waals surface area contributed by atoms with Gasteiger partial charge in [0.1, 0.15) is 5.75 Å². The van der Waals surface area contributed by atoms with E-state index in [0.717, 1.165) is 32.2 Å². The van der Waals surface area contributed by atoms with Crippen molar-refractivity contribution < 1.29 is 5.11 Å². The molecule has 0 saturated carbocycles. The van der Waals surface area contributed by atoms with Crippen LogP contribution in [0.25, 0.3) is 0 Å². The van der Waals surface area contributed by atoms with Gasteiger partial charge in [0.05, 0.1) is 0 Å². The lowest BCUT2D eigenvalue weighted by Gasteiger charge is -2.32. The van der Waals surface area contributed by atoms with Crippen molar-refractivity contribution in [2.45, 2.75) is 57.8 Å². The third-order valence-corrected chi connectivity index (χ3v) is 5.13. The van der Waals surface area contributed by atoms with Crippen LogP contribution in [-0.2, 0) is 11.8 Å². The molecule has 2 aromatic rings. The number of aromatic hydroxyl groups is 1. The summed E-state index contributed by atoms with van der Waals surface area (Å²) in [7, 11) is 0. The first-order chi connectivity index (χ1) is 13.2. The van der Waals surface area contributed by atoms with Gasteiger partial charge in [-0.05, 0) is 55.2 Å². The molecule has 2 aromatic carbocycles. The Morgan fingerprint density at radius 3 is 2.41 bits per heavy atom. The molecular weight excluding hydrogens is 330 g/mol. The number of phenols is 1. The predicted octanol–water partition coefficient (Wildman–Crippen LogP) is 6.74. The number of nitrogens with zero attached hydrogens (tertiary/aromatic N) is 1. The van der Waals surface area contributed by atoms with Crippen molar-refractivity contribution in [3.63, 3.8) is 0 Å². The first kappa shape index (κ1) is 22.7. The summed E-state index contributed by atoms with van der Waals surface area (Å²) in [4.78, 5) is 4.67. The van der Waals surface area contributed by atoms with Crippen LogP contribution in [0.3, 0.4) is 0 Å². The van der Waals surface area contributed by atoms with E-state index in [2.05, 4.69) is 68.5 Å². The maximum atomic E-state index is 9.90. The highest BCUT2D eigenvalue weighted by Gasteiger charge is 2.29. The minimum Gasteiger partial charge on any atom is -0.508 e. The van der Waals surface area contributed by atoms with E-state index in [-0.39, 0.29) is 5.41 Å². The van der Waals surface area contributed by atoms with Crippen molar-refractivity contribution in [2.24, 2.45) is 4.99 Å². The molecule has 2 rings (SSSR count). The zero-order valence-corrected chi connectivity index (χ0v) is 17.0. The molecule has 0 saturated heterocycles. The van der Waals surface area contributed by atoms with E-state index in [1.807, 2.05) is 18.2 Å². The maximum Gasteiger partial charge on any atom is 0.115 e. The molecule has 27 heavy (non-hydrogen) atoms. The summed E-state index contributed by atoms with van der Waals surface area (Å²) in [5.74, 6) is 0.354.